The van der Waals surface area contributed by atoms with Crippen LogP contribution in [-0.2, 0) is 17.8 Å². The van der Waals surface area contributed by atoms with Crippen molar-refractivity contribution >= 4 is 11.6 Å². The van der Waals surface area contributed by atoms with E-state index < -0.39 is 0 Å². The van der Waals surface area contributed by atoms with E-state index in [9.17, 15) is 9.59 Å². The number of carbonyl (C=O) groups excluding carboxylic acids is 1. The van der Waals surface area contributed by atoms with Gasteiger partial charge in [-0.25, -0.2) is 0 Å². The highest BCUT2D eigenvalue weighted by Gasteiger charge is 2.21. The number of hydrogen-bond donors (Lipinski definition) is 3. The molecular weight excluding hydrogens is 364 g/mol. The van der Waals surface area contributed by atoms with Crippen molar-refractivity contribution in [2.75, 3.05) is 18.4 Å². The Bertz CT molecular complexity index is 855. The first kappa shape index (κ1) is 21.1. The fourth-order valence-corrected chi connectivity index (χ4v) is 3.88. The zero-order valence-electron chi connectivity index (χ0n) is 17.3. The fraction of sp³-hybridized carbons (Fsp3) is 0.478. The quantitative estimate of drug-likeness (QED) is 0.634. The summed E-state index contributed by atoms with van der Waals surface area (Å²) in [5.41, 5.74) is 6.52. The van der Waals surface area contributed by atoms with Gasteiger partial charge in [0.1, 0.15) is 12.2 Å². The third kappa shape index (κ3) is 6.19. The summed E-state index contributed by atoms with van der Waals surface area (Å²) in [5.74, 6) is 0.425. The van der Waals surface area contributed by atoms with Gasteiger partial charge in [-0.05, 0) is 62.6 Å². The molecule has 156 valence electrons. The molecule has 1 aromatic heterocycles. The summed E-state index contributed by atoms with van der Waals surface area (Å²) in [7, 11) is 0. The predicted octanol–water partition coefficient (Wildman–Crippen LogP) is 1.73. The van der Waals surface area contributed by atoms with Gasteiger partial charge < -0.3 is 20.9 Å². The fourth-order valence-electron chi connectivity index (χ4n) is 3.88. The van der Waals surface area contributed by atoms with Crippen LogP contribution in [0.4, 0.5) is 5.69 Å². The lowest BCUT2D eigenvalue weighted by molar-refractivity contribution is -0.426. The summed E-state index contributed by atoms with van der Waals surface area (Å²) in [6.45, 7) is 3.28. The molecule has 29 heavy (non-hydrogen) atoms. The van der Waals surface area contributed by atoms with E-state index in [-0.39, 0.29) is 18.0 Å². The molecule has 0 radical (unpaired) electrons. The first-order valence-electron chi connectivity index (χ1n) is 10.6. The molecule has 0 spiro atoms. The largest absolute Gasteiger partial charge is 0.380 e. The maximum atomic E-state index is 12.8. The molecule has 5 N–H and O–H groups in total. The summed E-state index contributed by atoms with van der Waals surface area (Å²) >= 11 is 0. The summed E-state index contributed by atoms with van der Waals surface area (Å²) < 4.78 is 1.55. The van der Waals surface area contributed by atoms with Crippen LogP contribution >= 0.6 is 0 Å². The molecule has 0 aliphatic heterocycles. The molecule has 1 saturated carbocycles. The van der Waals surface area contributed by atoms with Gasteiger partial charge in [-0.1, -0.05) is 30.3 Å². The van der Waals surface area contributed by atoms with Crippen molar-refractivity contribution in [1.82, 2.24) is 9.88 Å². The van der Waals surface area contributed by atoms with Crippen molar-refractivity contribution < 1.29 is 10.5 Å². The van der Waals surface area contributed by atoms with E-state index in [4.69, 9.17) is 0 Å². The molecule has 1 aromatic carbocycles. The minimum absolute atomic E-state index is 0.0591. The number of amides is 1. The Balaban J connectivity index is 1.53. The van der Waals surface area contributed by atoms with Crippen LogP contribution in [0.25, 0.3) is 0 Å². The highest BCUT2D eigenvalue weighted by atomic mass is 16.2. The van der Waals surface area contributed by atoms with Crippen LogP contribution in [0.3, 0.4) is 0 Å². The van der Waals surface area contributed by atoms with Crippen molar-refractivity contribution in [3.63, 3.8) is 0 Å². The van der Waals surface area contributed by atoms with E-state index >= 15 is 0 Å². The van der Waals surface area contributed by atoms with Gasteiger partial charge in [0.2, 0.25) is 5.91 Å². The first-order valence-corrected chi connectivity index (χ1v) is 10.6. The number of nitrogens with one attached hydrogen (secondary N) is 2. The van der Waals surface area contributed by atoms with E-state index in [2.05, 4.69) is 28.5 Å². The predicted molar refractivity (Wildman–Crippen MR) is 116 cm³/mol. The number of aromatic nitrogens is 1. The van der Waals surface area contributed by atoms with Crippen molar-refractivity contribution in [1.29, 1.82) is 0 Å². The number of nitrogens with zero attached hydrogens (tertiary/aromatic N) is 1. The molecular formula is C23H33N4O2+. The van der Waals surface area contributed by atoms with Gasteiger partial charge in [0.25, 0.3) is 5.56 Å². The number of hydrogen-bond acceptors (Lipinski definition) is 3. The number of benzene rings is 1. The minimum atomic E-state index is -0.147. The van der Waals surface area contributed by atoms with Crippen molar-refractivity contribution in [3.8, 4) is 0 Å². The van der Waals surface area contributed by atoms with Crippen LogP contribution in [0, 0.1) is 12.8 Å². The Hall–Kier alpha value is -2.60. The minimum Gasteiger partial charge on any atom is -0.380 e. The lowest BCUT2D eigenvalue weighted by Gasteiger charge is -2.24. The second-order valence-electron chi connectivity index (χ2n) is 8.13. The molecule has 1 aliphatic rings. The van der Waals surface area contributed by atoms with E-state index in [1.807, 2.05) is 31.2 Å². The van der Waals surface area contributed by atoms with Gasteiger partial charge in [0.05, 0.1) is 6.04 Å². The summed E-state index contributed by atoms with van der Waals surface area (Å²) in [5, 5.41) is 6.23. The second-order valence-corrected chi connectivity index (χ2v) is 8.13. The molecule has 3 rings (SSSR count). The number of anilines is 1. The highest BCUT2D eigenvalue weighted by Crippen LogP contribution is 2.21. The van der Waals surface area contributed by atoms with Gasteiger partial charge in [0, 0.05) is 18.8 Å². The average molecular weight is 398 g/mol. The number of rotatable bonds is 8. The average Bonchev–Trinajstić information content (AvgIpc) is 2.73. The zero-order chi connectivity index (χ0) is 20.6. The number of quaternary nitrogens is 1. The lowest BCUT2D eigenvalue weighted by atomic mass is 9.86. The normalized spacial score (nSPS) is 19.0. The van der Waals surface area contributed by atoms with Gasteiger partial charge in [-0.3, -0.25) is 9.59 Å². The highest BCUT2D eigenvalue weighted by molar-refractivity contribution is 5.75. The van der Waals surface area contributed by atoms with Crippen molar-refractivity contribution in [2.24, 2.45) is 5.92 Å². The van der Waals surface area contributed by atoms with Crippen LogP contribution in [0.5, 0.6) is 0 Å². The smallest absolute Gasteiger partial charge is 0.274 e. The Morgan fingerprint density at radius 3 is 2.55 bits per heavy atom. The summed E-state index contributed by atoms with van der Waals surface area (Å²) in [4.78, 5) is 25.3. The van der Waals surface area contributed by atoms with Crippen LogP contribution in [-0.4, -0.2) is 29.6 Å². The third-order valence-electron chi connectivity index (χ3n) is 5.82. The van der Waals surface area contributed by atoms with E-state index in [0.29, 0.717) is 30.7 Å². The van der Waals surface area contributed by atoms with E-state index in [0.717, 1.165) is 37.8 Å². The second kappa shape index (κ2) is 10.3. The van der Waals surface area contributed by atoms with Crippen molar-refractivity contribution in [2.45, 2.75) is 51.6 Å². The van der Waals surface area contributed by atoms with Gasteiger partial charge >= 0.3 is 0 Å². The SMILES string of the molecule is Cc1ccc(NCCc2ccccc2)c(=O)n1CC(=O)NCC1CCC([NH3+])CC1. The van der Waals surface area contributed by atoms with Gasteiger partial charge in [-0.15, -0.1) is 0 Å². The van der Waals surface area contributed by atoms with Crippen molar-refractivity contribution in [3.05, 3.63) is 64.1 Å². The molecule has 1 aliphatic carbocycles. The lowest BCUT2D eigenvalue weighted by Crippen LogP contribution is -2.62. The molecule has 2 aromatic rings. The summed E-state index contributed by atoms with van der Waals surface area (Å²) in [6, 6.07) is 14.4. The Labute approximate surface area is 172 Å². The Kier molecular flexibility index (Phi) is 7.47. The Morgan fingerprint density at radius 2 is 1.83 bits per heavy atom. The number of aryl methyl sites for hydroxylation is 1. The first-order chi connectivity index (χ1) is 14.0. The molecule has 0 bridgehead atoms. The van der Waals surface area contributed by atoms with Gasteiger partial charge in [-0.2, -0.15) is 0 Å². The summed E-state index contributed by atoms with van der Waals surface area (Å²) in [6.07, 6.45) is 5.35. The van der Waals surface area contributed by atoms with E-state index in [1.165, 1.54) is 5.56 Å². The molecule has 0 saturated heterocycles. The van der Waals surface area contributed by atoms with E-state index in [1.54, 1.807) is 10.6 Å². The van der Waals surface area contributed by atoms with Crippen LogP contribution < -0.4 is 21.9 Å². The molecule has 0 atom stereocenters. The van der Waals surface area contributed by atoms with Crippen LogP contribution in [0.1, 0.15) is 36.9 Å². The standard InChI is InChI=1S/C23H32N4O2/c1-17-7-12-21(25-14-13-18-5-3-2-4-6-18)23(29)27(17)16-22(28)26-15-19-8-10-20(24)11-9-19/h2-7,12,19-20,25H,8-11,13-16,24H2,1H3,(H,26,28)/p+1. The maximum absolute atomic E-state index is 12.8. The van der Waals surface area contributed by atoms with Gasteiger partial charge in [0.15, 0.2) is 0 Å². The maximum Gasteiger partial charge on any atom is 0.274 e. The van der Waals surface area contributed by atoms with Crippen LogP contribution in [0.2, 0.25) is 0 Å². The molecule has 6 nitrogen and oxygen atoms in total. The monoisotopic (exact) mass is 397 g/mol. The topological polar surface area (TPSA) is 90.8 Å². The zero-order valence-corrected chi connectivity index (χ0v) is 17.3. The Morgan fingerprint density at radius 1 is 1.10 bits per heavy atom. The number of pyridine rings is 1. The molecule has 0 unspecified atom stereocenters. The molecule has 1 heterocycles. The van der Waals surface area contributed by atoms with Crippen LogP contribution in [0.15, 0.2) is 47.3 Å². The number of carbonyl (C=O) groups is 1. The third-order valence-corrected chi connectivity index (χ3v) is 5.82. The molecule has 1 fully saturated rings. The molecule has 1 amide bonds. The molecule has 6 heteroatoms.